The lowest BCUT2D eigenvalue weighted by atomic mass is 10.0. The molecule has 1 aromatic carbocycles. The van der Waals surface area contributed by atoms with E-state index < -0.39 is 23.9 Å². The van der Waals surface area contributed by atoms with Crippen LogP contribution in [-0.2, 0) is 4.74 Å². The van der Waals surface area contributed by atoms with Crippen LogP contribution in [0.1, 0.15) is 18.7 Å². The van der Waals surface area contributed by atoms with Gasteiger partial charge in [-0.2, -0.15) is 0 Å². The molecule has 1 unspecified atom stereocenters. The van der Waals surface area contributed by atoms with E-state index >= 15 is 0 Å². The lowest BCUT2D eigenvalue weighted by Crippen LogP contribution is -2.44. The number of rotatable bonds is 4. The first-order chi connectivity index (χ1) is 11.0. The molecule has 2 aromatic rings. The number of carbonyl (C=O) groups is 1. The first-order valence-corrected chi connectivity index (χ1v) is 7.08. The number of hydrogen-bond donors (Lipinski definition) is 4. The number of aromatic amines is 1. The highest BCUT2D eigenvalue weighted by molar-refractivity contribution is 5.91. The van der Waals surface area contributed by atoms with Crippen molar-refractivity contribution in [2.75, 3.05) is 25.1 Å². The number of alkyl halides is 2. The molecule has 4 N–H and O–H groups in total. The lowest BCUT2D eigenvalue weighted by molar-refractivity contribution is 0.0295. The van der Waals surface area contributed by atoms with Crippen LogP contribution < -0.4 is 10.6 Å². The number of aliphatic hydroxyl groups is 1. The predicted octanol–water partition coefficient (Wildman–Crippen LogP) is 1.77. The van der Waals surface area contributed by atoms with Crippen LogP contribution in [-0.4, -0.2) is 46.5 Å². The fraction of sp³-hybridized carbons (Fsp3) is 0.429. The summed E-state index contributed by atoms with van der Waals surface area (Å²) in [4.78, 5) is 18.1. The molecule has 0 bridgehead atoms. The van der Waals surface area contributed by atoms with E-state index in [1.54, 1.807) is 6.07 Å². The number of imidazole rings is 1. The third-order valence-corrected chi connectivity index (χ3v) is 3.63. The maximum atomic E-state index is 12.6. The molecule has 0 spiro atoms. The van der Waals surface area contributed by atoms with Crippen LogP contribution in [0.25, 0.3) is 11.0 Å². The van der Waals surface area contributed by atoms with E-state index in [0.717, 1.165) is 0 Å². The van der Waals surface area contributed by atoms with Crippen LogP contribution in [0, 0.1) is 0 Å². The number of anilines is 1. The van der Waals surface area contributed by atoms with Gasteiger partial charge >= 0.3 is 6.03 Å². The molecule has 0 saturated carbocycles. The Labute approximate surface area is 130 Å². The van der Waals surface area contributed by atoms with Gasteiger partial charge in [0.2, 0.25) is 0 Å². The van der Waals surface area contributed by atoms with E-state index in [9.17, 15) is 18.7 Å². The van der Waals surface area contributed by atoms with Crippen molar-refractivity contribution in [3.63, 3.8) is 0 Å². The minimum Gasteiger partial charge on any atom is -0.386 e. The molecule has 1 aromatic heterocycles. The maximum Gasteiger partial charge on any atom is 0.319 e. The van der Waals surface area contributed by atoms with E-state index in [0.29, 0.717) is 29.7 Å². The second-order valence-electron chi connectivity index (χ2n) is 5.49. The van der Waals surface area contributed by atoms with Gasteiger partial charge in [-0.15, -0.1) is 0 Å². The summed E-state index contributed by atoms with van der Waals surface area (Å²) in [5.74, 6) is -0.412. The van der Waals surface area contributed by atoms with Gasteiger partial charge in [-0.1, -0.05) is 0 Å². The Hall–Kier alpha value is -2.26. The minimum absolute atomic E-state index is 0.0701. The fourth-order valence-electron chi connectivity index (χ4n) is 2.37. The van der Waals surface area contributed by atoms with Crippen molar-refractivity contribution in [2.24, 2.45) is 0 Å². The highest BCUT2D eigenvalue weighted by Crippen LogP contribution is 2.22. The molecule has 3 rings (SSSR count). The average molecular weight is 326 g/mol. The molecule has 1 atom stereocenters. The van der Waals surface area contributed by atoms with Gasteiger partial charge in [0.1, 0.15) is 5.60 Å². The molecule has 0 radical (unpaired) electrons. The molecule has 1 saturated heterocycles. The molecule has 1 aliphatic rings. The standard InChI is InChI=1S/C14H16F2N4O3/c15-11(16)12-19-9-2-1-8(5-10(9)20-12)18-13(21)17-6-14(22)3-4-23-7-14/h1-2,5,11,22H,3-4,6-7H2,(H,19,20)(H2,17,18,21). The Kier molecular flexibility index (Phi) is 4.14. The molecule has 0 aliphatic carbocycles. The molecule has 7 nitrogen and oxygen atoms in total. The van der Waals surface area contributed by atoms with Crippen LogP contribution in [0.4, 0.5) is 19.3 Å². The quantitative estimate of drug-likeness (QED) is 0.688. The normalized spacial score (nSPS) is 21.0. The number of aromatic nitrogens is 2. The molecule has 9 heteroatoms. The summed E-state index contributed by atoms with van der Waals surface area (Å²) in [5, 5.41) is 15.2. The molecular formula is C14H16F2N4O3. The van der Waals surface area contributed by atoms with Crippen LogP contribution in [0.5, 0.6) is 0 Å². The molecule has 1 fully saturated rings. The minimum atomic E-state index is -2.68. The maximum absolute atomic E-state index is 12.6. The zero-order valence-corrected chi connectivity index (χ0v) is 12.1. The Morgan fingerprint density at radius 2 is 2.35 bits per heavy atom. The molecule has 2 heterocycles. The van der Waals surface area contributed by atoms with Crippen molar-refractivity contribution in [3.8, 4) is 0 Å². The number of benzene rings is 1. The fourth-order valence-corrected chi connectivity index (χ4v) is 2.37. The zero-order chi connectivity index (χ0) is 16.4. The molecule has 23 heavy (non-hydrogen) atoms. The van der Waals surface area contributed by atoms with Crippen molar-refractivity contribution >= 4 is 22.8 Å². The van der Waals surface area contributed by atoms with Crippen molar-refractivity contribution in [2.45, 2.75) is 18.4 Å². The van der Waals surface area contributed by atoms with Gasteiger partial charge in [-0.25, -0.2) is 18.6 Å². The van der Waals surface area contributed by atoms with Crippen LogP contribution in [0.2, 0.25) is 0 Å². The molecule has 2 amide bonds. The molecule has 1 aliphatic heterocycles. The Bertz CT molecular complexity index is 713. The Morgan fingerprint density at radius 3 is 3.04 bits per heavy atom. The highest BCUT2D eigenvalue weighted by atomic mass is 19.3. The van der Waals surface area contributed by atoms with Gasteiger partial charge in [0.25, 0.3) is 6.43 Å². The monoisotopic (exact) mass is 326 g/mol. The Morgan fingerprint density at radius 1 is 1.52 bits per heavy atom. The summed E-state index contributed by atoms with van der Waals surface area (Å²) < 4.78 is 30.3. The SMILES string of the molecule is O=C(NCC1(O)CCOC1)Nc1ccc2nc(C(F)F)[nH]c2c1. The summed E-state index contributed by atoms with van der Waals surface area (Å²) >= 11 is 0. The first-order valence-electron chi connectivity index (χ1n) is 7.08. The second-order valence-corrected chi connectivity index (χ2v) is 5.49. The van der Waals surface area contributed by atoms with Crippen molar-refractivity contribution in [1.29, 1.82) is 0 Å². The van der Waals surface area contributed by atoms with Crippen LogP contribution >= 0.6 is 0 Å². The average Bonchev–Trinajstić information content (AvgIpc) is 3.12. The van der Waals surface area contributed by atoms with E-state index in [1.807, 2.05) is 0 Å². The third kappa shape index (κ3) is 3.57. The molecular weight excluding hydrogens is 310 g/mol. The van der Waals surface area contributed by atoms with Crippen molar-refractivity contribution in [3.05, 3.63) is 24.0 Å². The van der Waals surface area contributed by atoms with Crippen molar-refractivity contribution in [1.82, 2.24) is 15.3 Å². The van der Waals surface area contributed by atoms with E-state index in [1.165, 1.54) is 12.1 Å². The summed E-state index contributed by atoms with van der Waals surface area (Å²) in [6.45, 7) is 0.715. The second kappa shape index (κ2) is 6.09. The topological polar surface area (TPSA) is 99.3 Å². The first kappa shape index (κ1) is 15.6. The number of hydrogen-bond acceptors (Lipinski definition) is 4. The number of nitrogens with one attached hydrogen (secondary N) is 3. The summed E-state index contributed by atoms with van der Waals surface area (Å²) in [7, 11) is 0. The van der Waals surface area contributed by atoms with Gasteiger partial charge in [0.05, 0.1) is 24.2 Å². The zero-order valence-electron chi connectivity index (χ0n) is 12.1. The summed E-state index contributed by atoms with van der Waals surface area (Å²) in [6.07, 6.45) is -2.22. The number of nitrogens with zero attached hydrogens (tertiary/aromatic N) is 1. The summed E-state index contributed by atoms with van der Waals surface area (Å²) in [6, 6.07) is 4.11. The van der Waals surface area contributed by atoms with Gasteiger partial charge in [0.15, 0.2) is 5.82 Å². The van der Waals surface area contributed by atoms with E-state index in [2.05, 4.69) is 20.6 Å². The van der Waals surface area contributed by atoms with E-state index in [-0.39, 0.29) is 13.2 Å². The van der Waals surface area contributed by atoms with Gasteiger partial charge in [-0.3, -0.25) is 0 Å². The Balaban J connectivity index is 1.62. The van der Waals surface area contributed by atoms with Crippen LogP contribution in [0.15, 0.2) is 18.2 Å². The number of urea groups is 1. The van der Waals surface area contributed by atoms with Gasteiger partial charge in [0, 0.05) is 18.7 Å². The lowest BCUT2D eigenvalue weighted by Gasteiger charge is -2.20. The number of halogens is 2. The van der Waals surface area contributed by atoms with E-state index in [4.69, 9.17) is 4.74 Å². The number of fused-ring (bicyclic) bond motifs is 1. The van der Waals surface area contributed by atoms with Gasteiger partial charge in [-0.05, 0) is 18.2 Å². The van der Waals surface area contributed by atoms with Crippen LogP contribution in [0.3, 0.4) is 0 Å². The smallest absolute Gasteiger partial charge is 0.319 e. The third-order valence-electron chi connectivity index (χ3n) is 3.63. The number of H-pyrrole nitrogens is 1. The molecule has 124 valence electrons. The number of amides is 2. The largest absolute Gasteiger partial charge is 0.386 e. The summed E-state index contributed by atoms with van der Waals surface area (Å²) in [5.41, 5.74) is 0.176. The number of ether oxygens (including phenoxy) is 1. The van der Waals surface area contributed by atoms with Gasteiger partial charge < -0.3 is 25.5 Å². The number of carbonyl (C=O) groups excluding carboxylic acids is 1. The highest BCUT2D eigenvalue weighted by Gasteiger charge is 2.32. The van der Waals surface area contributed by atoms with Crippen molar-refractivity contribution < 1.29 is 23.4 Å². The predicted molar refractivity (Wildman–Crippen MR) is 78.5 cm³/mol.